The first-order valence-electron chi connectivity index (χ1n) is 8.19. The zero-order valence-corrected chi connectivity index (χ0v) is 16.1. The minimum atomic E-state index is 0. The minimum absolute atomic E-state index is 0. The van der Waals surface area contributed by atoms with Crippen molar-refractivity contribution in [1.82, 2.24) is 15.1 Å². The smallest absolute Gasteiger partial charge is 0.224 e. The maximum atomic E-state index is 12.3. The van der Waals surface area contributed by atoms with E-state index in [1.165, 1.54) is 12.0 Å². The first kappa shape index (κ1) is 21.5. The molecule has 1 unspecified atom stereocenters. The summed E-state index contributed by atoms with van der Waals surface area (Å²) >= 11 is 5.92. The lowest BCUT2D eigenvalue weighted by Crippen LogP contribution is -2.49. The third kappa shape index (κ3) is 6.08. The molecule has 1 aromatic rings. The quantitative estimate of drug-likeness (QED) is 0.853. The van der Waals surface area contributed by atoms with E-state index in [1.54, 1.807) is 0 Å². The molecule has 2 aliphatic rings. The second-order valence-electron chi connectivity index (χ2n) is 6.28. The van der Waals surface area contributed by atoms with E-state index in [-0.39, 0.29) is 24.8 Å². The number of hydrogen-bond acceptors (Lipinski definition) is 3. The molecule has 3 rings (SSSR count). The second-order valence-corrected chi connectivity index (χ2v) is 6.72. The fourth-order valence-corrected chi connectivity index (χ4v) is 3.40. The van der Waals surface area contributed by atoms with Gasteiger partial charge in [0, 0.05) is 50.2 Å². The van der Waals surface area contributed by atoms with Gasteiger partial charge in [0.05, 0.1) is 0 Å². The van der Waals surface area contributed by atoms with Crippen LogP contribution in [-0.2, 0) is 11.3 Å². The topological polar surface area (TPSA) is 35.6 Å². The molecule has 1 N–H and O–H groups in total. The van der Waals surface area contributed by atoms with Gasteiger partial charge in [0.2, 0.25) is 5.91 Å². The van der Waals surface area contributed by atoms with Gasteiger partial charge in [0.1, 0.15) is 0 Å². The van der Waals surface area contributed by atoms with Crippen LogP contribution in [0.3, 0.4) is 0 Å². The van der Waals surface area contributed by atoms with Crippen molar-refractivity contribution in [3.63, 3.8) is 0 Å². The highest BCUT2D eigenvalue weighted by Gasteiger charge is 2.24. The maximum absolute atomic E-state index is 12.3. The van der Waals surface area contributed by atoms with Crippen molar-refractivity contribution in [1.29, 1.82) is 0 Å². The summed E-state index contributed by atoms with van der Waals surface area (Å²) in [5, 5.41) is 4.18. The van der Waals surface area contributed by atoms with Crippen molar-refractivity contribution in [3.8, 4) is 0 Å². The number of piperazine rings is 1. The van der Waals surface area contributed by atoms with E-state index in [1.807, 2.05) is 17.0 Å². The molecule has 1 amide bonds. The summed E-state index contributed by atoms with van der Waals surface area (Å²) in [4.78, 5) is 16.7. The first-order valence-corrected chi connectivity index (χ1v) is 8.56. The average Bonchev–Trinajstić information content (AvgIpc) is 3.03. The van der Waals surface area contributed by atoms with Crippen LogP contribution in [-0.4, -0.2) is 54.5 Å². The summed E-state index contributed by atoms with van der Waals surface area (Å²) in [7, 11) is 0. The van der Waals surface area contributed by atoms with Crippen LogP contribution >= 0.6 is 36.4 Å². The van der Waals surface area contributed by atoms with Crippen LogP contribution < -0.4 is 5.32 Å². The number of rotatable bonds is 4. The van der Waals surface area contributed by atoms with Gasteiger partial charge in [0.15, 0.2) is 0 Å². The average molecular weight is 395 g/mol. The second kappa shape index (κ2) is 10.5. The van der Waals surface area contributed by atoms with Gasteiger partial charge in [-0.2, -0.15) is 0 Å². The standard InChI is InChI=1S/C17H24ClN3O.2ClH/c18-15-5-3-14(4-6-15)13-20-8-10-21(11-9-20)17(22)12-16-2-1-7-19-16;;/h3-6,16,19H,1-2,7-13H2;2*1H. The highest BCUT2D eigenvalue weighted by molar-refractivity contribution is 6.30. The van der Waals surface area contributed by atoms with E-state index in [4.69, 9.17) is 11.6 Å². The Morgan fingerprint density at radius 1 is 1.12 bits per heavy atom. The molecule has 0 aliphatic carbocycles. The molecule has 1 atom stereocenters. The van der Waals surface area contributed by atoms with Crippen molar-refractivity contribution in [3.05, 3.63) is 34.9 Å². The van der Waals surface area contributed by atoms with Gasteiger partial charge in [-0.1, -0.05) is 23.7 Å². The van der Waals surface area contributed by atoms with Crippen LogP contribution in [0, 0.1) is 0 Å². The Morgan fingerprint density at radius 2 is 1.79 bits per heavy atom. The lowest BCUT2D eigenvalue weighted by Gasteiger charge is -2.35. The molecule has 0 aromatic heterocycles. The van der Waals surface area contributed by atoms with Crippen molar-refractivity contribution in [2.24, 2.45) is 0 Å². The largest absolute Gasteiger partial charge is 0.340 e. The molecule has 0 radical (unpaired) electrons. The first-order chi connectivity index (χ1) is 10.7. The molecule has 2 heterocycles. The third-order valence-electron chi connectivity index (χ3n) is 4.63. The van der Waals surface area contributed by atoms with Crippen LogP contribution in [0.5, 0.6) is 0 Å². The highest BCUT2D eigenvalue weighted by Crippen LogP contribution is 2.15. The fraction of sp³-hybridized carbons (Fsp3) is 0.588. The van der Waals surface area contributed by atoms with E-state index in [0.29, 0.717) is 18.4 Å². The molecule has 4 nitrogen and oxygen atoms in total. The van der Waals surface area contributed by atoms with Crippen LogP contribution in [0.2, 0.25) is 5.02 Å². The number of hydrogen-bond donors (Lipinski definition) is 1. The number of carbonyl (C=O) groups excluding carboxylic acids is 1. The van der Waals surface area contributed by atoms with E-state index in [9.17, 15) is 4.79 Å². The number of benzene rings is 1. The molecular formula is C17H26Cl3N3O. The Morgan fingerprint density at radius 3 is 2.38 bits per heavy atom. The normalized spacial score (nSPS) is 21.0. The molecule has 24 heavy (non-hydrogen) atoms. The van der Waals surface area contributed by atoms with Crippen molar-refractivity contribution >= 4 is 42.3 Å². The molecule has 1 aromatic carbocycles. The molecule has 2 fully saturated rings. The van der Waals surface area contributed by atoms with E-state index < -0.39 is 0 Å². The zero-order chi connectivity index (χ0) is 15.4. The van der Waals surface area contributed by atoms with Gasteiger partial charge < -0.3 is 10.2 Å². The third-order valence-corrected chi connectivity index (χ3v) is 4.88. The maximum Gasteiger partial charge on any atom is 0.224 e. The van der Waals surface area contributed by atoms with Crippen LogP contribution in [0.25, 0.3) is 0 Å². The number of amides is 1. The molecule has 0 saturated carbocycles. The molecule has 0 spiro atoms. The van der Waals surface area contributed by atoms with Gasteiger partial charge in [-0.15, -0.1) is 24.8 Å². The molecular weight excluding hydrogens is 369 g/mol. The number of carbonyl (C=O) groups is 1. The number of nitrogens with one attached hydrogen (secondary N) is 1. The fourth-order valence-electron chi connectivity index (χ4n) is 3.27. The Kier molecular flexibility index (Phi) is 9.39. The lowest BCUT2D eigenvalue weighted by molar-refractivity contribution is -0.133. The SMILES string of the molecule is Cl.Cl.O=C(CC1CCCN1)N1CCN(Cc2ccc(Cl)cc2)CC1. The Hall–Kier alpha value is -0.520. The summed E-state index contributed by atoms with van der Waals surface area (Å²) < 4.78 is 0. The zero-order valence-electron chi connectivity index (χ0n) is 13.7. The van der Waals surface area contributed by atoms with Gasteiger partial charge in [-0.05, 0) is 37.1 Å². The molecule has 0 bridgehead atoms. The van der Waals surface area contributed by atoms with Crippen molar-refractivity contribution in [2.45, 2.75) is 31.8 Å². The van der Waals surface area contributed by atoms with Gasteiger partial charge in [-0.3, -0.25) is 9.69 Å². The predicted octanol–water partition coefficient (Wildman–Crippen LogP) is 2.97. The number of halogens is 3. The Balaban J connectivity index is 0.00000144. The monoisotopic (exact) mass is 393 g/mol. The van der Waals surface area contributed by atoms with Gasteiger partial charge >= 0.3 is 0 Å². The van der Waals surface area contributed by atoms with Crippen molar-refractivity contribution in [2.75, 3.05) is 32.7 Å². The predicted molar refractivity (Wildman–Crippen MR) is 103 cm³/mol. The Labute approximate surface area is 161 Å². The molecule has 2 aliphatic heterocycles. The van der Waals surface area contributed by atoms with Crippen molar-refractivity contribution < 1.29 is 4.79 Å². The number of nitrogens with zero attached hydrogens (tertiary/aromatic N) is 2. The minimum Gasteiger partial charge on any atom is -0.340 e. The summed E-state index contributed by atoms with van der Waals surface area (Å²) in [6, 6.07) is 8.42. The molecule has 7 heteroatoms. The summed E-state index contributed by atoms with van der Waals surface area (Å²) in [5.74, 6) is 0.311. The summed E-state index contributed by atoms with van der Waals surface area (Å²) in [5.41, 5.74) is 1.28. The van der Waals surface area contributed by atoms with E-state index in [2.05, 4.69) is 22.3 Å². The summed E-state index contributed by atoms with van der Waals surface area (Å²) in [6.07, 6.45) is 3.01. The lowest BCUT2D eigenvalue weighted by atomic mass is 10.1. The Bertz CT molecular complexity index is 498. The molecule has 136 valence electrons. The van der Waals surface area contributed by atoms with E-state index >= 15 is 0 Å². The van der Waals surface area contributed by atoms with Crippen LogP contribution in [0.15, 0.2) is 24.3 Å². The van der Waals surface area contributed by atoms with E-state index in [0.717, 1.165) is 50.7 Å². The van der Waals surface area contributed by atoms with Gasteiger partial charge in [0.25, 0.3) is 0 Å². The highest BCUT2D eigenvalue weighted by atomic mass is 35.5. The van der Waals surface area contributed by atoms with Crippen LogP contribution in [0.1, 0.15) is 24.8 Å². The summed E-state index contributed by atoms with van der Waals surface area (Å²) in [6.45, 7) is 5.59. The van der Waals surface area contributed by atoms with Gasteiger partial charge in [-0.25, -0.2) is 0 Å². The van der Waals surface area contributed by atoms with Crippen LogP contribution in [0.4, 0.5) is 0 Å². The molecule has 2 saturated heterocycles.